The highest BCUT2D eigenvalue weighted by Gasteiger charge is 2.52. The average Bonchev–Trinajstić information content (AvgIpc) is 1.75. The molecule has 0 atom stereocenters. The van der Waals surface area contributed by atoms with Crippen molar-refractivity contribution in [2.75, 3.05) is 32.8 Å². The van der Waals surface area contributed by atoms with Gasteiger partial charge in [-0.15, -0.1) is 0 Å². The number of hydrogen-bond donors (Lipinski definition) is 0. The molecule has 4 bridgehead atoms. The molecule has 0 saturated carbocycles. The molecule has 0 N–H and O–H groups in total. The molecule has 4 saturated heterocycles. The van der Waals surface area contributed by atoms with E-state index in [-0.39, 0.29) is 0 Å². The minimum atomic E-state index is 0.615. The summed E-state index contributed by atoms with van der Waals surface area (Å²) < 4.78 is 0. The summed E-state index contributed by atoms with van der Waals surface area (Å²) in [5.74, 6) is 0. The van der Waals surface area contributed by atoms with Crippen molar-refractivity contribution in [3.63, 3.8) is 0 Å². The van der Waals surface area contributed by atoms with Crippen molar-refractivity contribution < 1.29 is 0 Å². The zero-order chi connectivity index (χ0) is 8.40. The predicted molar refractivity (Wildman–Crippen MR) is 48.8 cm³/mol. The fraction of sp³-hybridized carbons (Fsp3) is 1.00. The van der Waals surface area contributed by atoms with Gasteiger partial charge >= 0.3 is 0 Å². The van der Waals surface area contributed by atoms with Crippen LogP contribution in [0.5, 0.6) is 0 Å². The van der Waals surface area contributed by atoms with Crippen molar-refractivity contribution in [2.45, 2.75) is 20.3 Å². The Morgan fingerprint density at radius 2 is 1.25 bits per heavy atom. The van der Waals surface area contributed by atoms with E-state index < -0.39 is 0 Å². The molecule has 4 heterocycles. The number of rotatable bonds is 0. The largest absolute Gasteiger partial charge is 0.289 e. The van der Waals surface area contributed by atoms with E-state index in [1.165, 1.54) is 39.3 Å². The molecule has 0 aromatic heterocycles. The highest BCUT2D eigenvalue weighted by molar-refractivity contribution is 5.04. The molecule has 4 aliphatic rings. The Bertz CT molecular complexity index is 190. The molecule has 12 heavy (non-hydrogen) atoms. The summed E-state index contributed by atoms with van der Waals surface area (Å²) in [5.41, 5.74) is 1.23. The summed E-state index contributed by atoms with van der Waals surface area (Å²) in [6, 6.07) is 0. The van der Waals surface area contributed by atoms with Gasteiger partial charge in [0.15, 0.2) is 0 Å². The molecule has 0 spiro atoms. The highest BCUT2D eigenvalue weighted by Crippen LogP contribution is 2.48. The summed E-state index contributed by atoms with van der Waals surface area (Å²) >= 11 is 0. The molecular weight excluding hydrogens is 148 g/mol. The molecular formula is C10H18N2. The van der Waals surface area contributed by atoms with E-state index in [1.807, 2.05) is 0 Å². The molecule has 4 aliphatic heterocycles. The lowest BCUT2D eigenvalue weighted by atomic mass is 9.64. The third kappa shape index (κ3) is 0.882. The van der Waals surface area contributed by atoms with Crippen LogP contribution in [0.25, 0.3) is 0 Å². The summed E-state index contributed by atoms with van der Waals surface area (Å²) in [6.45, 7) is 11.5. The van der Waals surface area contributed by atoms with E-state index in [2.05, 4.69) is 23.6 Å². The lowest BCUT2D eigenvalue weighted by Crippen LogP contribution is -2.69. The second-order valence-corrected chi connectivity index (χ2v) is 5.91. The Hall–Kier alpha value is -0.0800. The van der Waals surface area contributed by atoms with Gasteiger partial charge in [-0.3, -0.25) is 9.80 Å². The number of nitrogens with zero attached hydrogens (tertiary/aromatic N) is 2. The van der Waals surface area contributed by atoms with Gasteiger partial charge < -0.3 is 0 Å². The molecule has 0 aromatic carbocycles. The first-order valence-electron chi connectivity index (χ1n) is 5.02. The van der Waals surface area contributed by atoms with Crippen molar-refractivity contribution in [3.05, 3.63) is 0 Å². The van der Waals surface area contributed by atoms with E-state index in [1.54, 1.807) is 0 Å². The maximum absolute atomic E-state index is 2.64. The molecule has 4 fully saturated rings. The molecule has 0 aromatic rings. The van der Waals surface area contributed by atoms with Crippen LogP contribution in [0, 0.1) is 10.8 Å². The summed E-state index contributed by atoms with van der Waals surface area (Å²) in [5, 5.41) is 0. The minimum Gasteiger partial charge on any atom is -0.289 e. The fourth-order valence-electron chi connectivity index (χ4n) is 4.11. The second-order valence-electron chi connectivity index (χ2n) is 5.91. The van der Waals surface area contributed by atoms with Crippen molar-refractivity contribution in [1.29, 1.82) is 0 Å². The van der Waals surface area contributed by atoms with Gasteiger partial charge in [0.25, 0.3) is 0 Å². The van der Waals surface area contributed by atoms with E-state index in [0.717, 1.165) is 0 Å². The van der Waals surface area contributed by atoms with Crippen LogP contribution in [0.15, 0.2) is 0 Å². The van der Waals surface area contributed by atoms with Gasteiger partial charge in [-0.05, 0) is 17.3 Å². The first kappa shape index (κ1) is 7.34. The van der Waals surface area contributed by atoms with Crippen LogP contribution in [-0.4, -0.2) is 42.6 Å². The predicted octanol–water partition coefficient (Wildman–Crippen LogP) is 0.991. The van der Waals surface area contributed by atoms with E-state index in [9.17, 15) is 0 Å². The maximum atomic E-state index is 2.64. The fourth-order valence-corrected chi connectivity index (χ4v) is 4.11. The van der Waals surface area contributed by atoms with Crippen LogP contribution >= 0.6 is 0 Å². The molecule has 68 valence electrons. The Balaban J connectivity index is 1.98. The van der Waals surface area contributed by atoms with Gasteiger partial charge in [-0.25, -0.2) is 0 Å². The summed E-state index contributed by atoms with van der Waals surface area (Å²) in [7, 11) is 0. The smallest absolute Gasteiger partial charge is 0.0507 e. The van der Waals surface area contributed by atoms with Gasteiger partial charge in [0.1, 0.15) is 0 Å². The van der Waals surface area contributed by atoms with Crippen LogP contribution in [0.3, 0.4) is 0 Å². The molecule has 0 aliphatic carbocycles. The Morgan fingerprint density at radius 3 is 1.58 bits per heavy atom. The number of piperidine rings is 2. The van der Waals surface area contributed by atoms with Gasteiger partial charge in [-0.1, -0.05) is 13.8 Å². The van der Waals surface area contributed by atoms with E-state index in [4.69, 9.17) is 0 Å². The molecule has 4 rings (SSSR count). The van der Waals surface area contributed by atoms with Crippen molar-refractivity contribution in [2.24, 2.45) is 10.8 Å². The third-order valence-electron chi connectivity index (χ3n) is 3.67. The van der Waals surface area contributed by atoms with Crippen molar-refractivity contribution in [3.8, 4) is 0 Å². The quantitative estimate of drug-likeness (QED) is 0.529. The average molecular weight is 166 g/mol. The molecule has 2 heteroatoms. The van der Waals surface area contributed by atoms with Crippen LogP contribution in [-0.2, 0) is 0 Å². The Labute approximate surface area is 74.5 Å². The Kier molecular flexibility index (Phi) is 1.15. The van der Waals surface area contributed by atoms with Crippen LogP contribution in [0.4, 0.5) is 0 Å². The minimum absolute atomic E-state index is 0.615. The monoisotopic (exact) mass is 166 g/mol. The zero-order valence-corrected chi connectivity index (χ0v) is 8.14. The molecule has 0 unspecified atom stereocenters. The lowest BCUT2D eigenvalue weighted by Gasteiger charge is -2.62. The van der Waals surface area contributed by atoms with E-state index in [0.29, 0.717) is 10.8 Å². The van der Waals surface area contributed by atoms with Gasteiger partial charge in [0.05, 0.1) is 6.67 Å². The van der Waals surface area contributed by atoms with Crippen LogP contribution in [0.1, 0.15) is 20.3 Å². The molecule has 2 nitrogen and oxygen atoms in total. The summed E-state index contributed by atoms with van der Waals surface area (Å²) in [4.78, 5) is 5.27. The first-order valence-corrected chi connectivity index (χ1v) is 5.02. The Morgan fingerprint density at radius 1 is 0.833 bits per heavy atom. The maximum Gasteiger partial charge on any atom is 0.0507 e. The van der Waals surface area contributed by atoms with Gasteiger partial charge in [0.2, 0.25) is 0 Å². The topological polar surface area (TPSA) is 6.48 Å². The lowest BCUT2D eigenvalue weighted by molar-refractivity contribution is -0.152. The van der Waals surface area contributed by atoms with Crippen LogP contribution in [0.2, 0.25) is 0 Å². The second kappa shape index (κ2) is 1.88. The SMILES string of the molecule is CC12CN3CN(C1)CC(C)(C3)C2. The summed E-state index contributed by atoms with van der Waals surface area (Å²) in [6.07, 6.45) is 1.45. The molecule has 0 radical (unpaired) electrons. The first-order chi connectivity index (χ1) is 5.57. The molecule has 0 amide bonds. The normalized spacial score (nSPS) is 62.5. The van der Waals surface area contributed by atoms with E-state index >= 15 is 0 Å². The van der Waals surface area contributed by atoms with Gasteiger partial charge in [-0.2, -0.15) is 0 Å². The van der Waals surface area contributed by atoms with Gasteiger partial charge in [0, 0.05) is 26.2 Å². The highest BCUT2D eigenvalue weighted by atomic mass is 15.4. The van der Waals surface area contributed by atoms with Crippen LogP contribution < -0.4 is 0 Å². The number of hydrogen-bond acceptors (Lipinski definition) is 2. The third-order valence-corrected chi connectivity index (χ3v) is 3.67. The standard InChI is InChI=1S/C10H18N2/c1-9-3-10(2)6-11(4-9)8-12(5-9)7-10/h3-8H2,1-2H3. The van der Waals surface area contributed by atoms with Crippen molar-refractivity contribution >= 4 is 0 Å². The zero-order valence-electron chi connectivity index (χ0n) is 8.14. The van der Waals surface area contributed by atoms with Crippen molar-refractivity contribution in [1.82, 2.24) is 9.80 Å².